The highest BCUT2D eigenvalue weighted by molar-refractivity contribution is 6.43. The van der Waals surface area contributed by atoms with Crippen LogP contribution in [-0.2, 0) is 20.7 Å². The Morgan fingerprint density at radius 1 is 1.25 bits per heavy atom. The largest absolute Gasteiger partial charge is 0.475 e. The van der Waals surface area contributed by atoms with Crippen LogP contribution in [0.1, 0.15) is 38.7 Å². The van der Waals surface area contributed by atoms with Crippen LogP contribution < -0.4 is 5.32 Å². The number of benzene rings is 1. The first-order chi connectivity index (χ1) is 19.2. The van der Waals surface area contributed by atoms with Crippen molar-refractivity contribution in [1.82, 2.24) is 15.1 Å². The van der Waals surface area contributed by atoms with Crippen molar-refractivity contribution in [2.75, 3.05) is 39.5 Å². The van der Waals surface area contributed by atoms with E-state index in [1.807, 2.05) is 32.0 Å². The van der Waals surface area contributed by atoms with Crippen molar-refractivity contribution in [3.63, 3.8) is 0 Å². The number of piperidine rings is 1. The SMILES string of the molecule is [C-]#[N+]C(=CC(C)(C)N1CCOCC1)C(=O)N1CCCC[C@@H]1COC(=O)N[C@@H](Cc1coc2ccccc12)B(O)O. The number of likely N-dealkylation sites (tertiary alicyclic amines) is 1. The van der Waals surface area contributed by atoms with E-state index in [4.69, 9.17) is 20.5 Å². The lowest BCUT2D eigenvalue weighted by molar-refractivity contribution is -0.131. The summed E-state index contributed by atoms with van der Waals surface area (Å²) in [6.45, 7) is 14.7. The van der Waals surface area contributed by atoms with Crippen molar-refractivity contribution >= 4 is 30.1 Å². The number of carbonyl (C=O) groups is 2. The van der Waals surface area contributed by atoms with Crippen molar-refractivity contribution in [3.05, 3.63) is 59.3 Å². The summed E-state index contributed by atoms with van der Waals surface area (Å²) in [5.74, 6) is -1.41. The molecule has 3 heterocycles. The average Bonchev–Trinajstić information content (AvgIpc) is 3.37. The van der Waals surface area contributed by atoms with Gasteiger partial charge in [0.1, 0.15) is 12.2 Å². The van der Waals surface area contributed by atoms with Gasteiger partial charge in [0.2, 0.25) is 5.70 Å². The molecule has 2 aliphatic heterocycles. The van der Waals surface area contributed by atoms with Crippen LogP contribution in [0.5, 0.6) is 0 Å². The number of carbonyl (C=O) groups excluding carboxylic acids is 2. The predicted octanol–water partition coefficient (Wildman–Crippen LogP) is 2.38. The number of fused-ring (bicyclic) bond motifs is 1. The second-order valence-corrected chi connectivity index (χ2v) is 10.8. The van der Waals surface area contributed by atoms with Crippen LogP contribution in [0.2, 0.25) is 0 Å². The van der Waals surface area contributed by atoms with Gasteiger partial charge in [0.15, 0.2) is 0 Å². The molecule has 214 valence electrons. The standard InChI is InChI=1S/C28H37BN4O7/c1-28(2,32-12-14-38-15-13-32)17-23(30-3)26(34)33-11-7-6-8-21(33)19-40-27(35)31-25(29(36)37)16-20-18-39-24-10-5-4-9-22(20)24/h4-5,9-10,17-18,21,25,36-37H,6-8,11-16,19H2,1-2H3,(H,31,35)/t21-,25+/m1/s1. The molecule has 3 N–H and O–H groups in total. The molecule has 0 radical (unpaired) electrons. The summed E-state index contributed by atoms with van der Waals surface area (Å²) in [6, 6.07) is 6.96. The van der Waals surface area contributed by atoms with Crippen molar-refractivity contribution in [2.24, 2.45) is 0 Å². The van der Waals surface area contributed by atoms with Crippen LogP contribution in [-0.4, -0.2) is 95.9 Å². The number of nitrogens with zero attached hydrogens (tertiary/aromatic N) is 3. The molecule has 2 saturated heterocycles. The Morgan fingerprint density at radius 2 is 2.00 bits per heavy atom. The third kappa shape index (κ3) is 7.23. The summed E-state index contributed by atoms with van der Waals surface area (Å²) in [7, 11) is -1.82. The Kier molecular flexibility index (Phi) is 9.87. The van der Waals surface area contributed by atoms with Gasteiger partial charge in [-0.2, -0.15) is 0 Å². The molecule has 2 aromatic rings. The summed E-state index contributed by atoms with van der Waals surface area (Å²) < 4.78 is 16.4. The Balaban J connectivity index is 1.37. The zero-order chi connectivity index (χ0) is 28.7. The lowest BCUT2D eigenvalue weighted by atomic mass is 9.76. The zero-order valence-corrected chi connectivity index (χ0v) is 23.0. The highest BCUT2D eigenvalue weighted by atomic mass is 16.5. The minimum absolute atomic E-state index is 0.0450. The number of morpholine rings is 1. The zero-order valence-electron chi connectivity index (χ0n) is 23.0. The van der Waals surface area contributed by atoms with Gasteiger partial charge in [-0.25, -0.2) is 9.64 Å². The Morgan fingerprint density at radius 3 is 2.73 bits per heavy atom. The molecule has 1 aromatic heterocycles. The van der Waals surface area contributed by atoms with Crippen LogP contribution in [0.15, 0.2) is 46.7 Å². The molecule has 1 aromatic carbocycles. The monoisotopic (exact) mass is 552 g/mol. The first-order valence-electron chi connectivity index (χ1n) is 13.7. The lowest BCUT2D eigenvalue weighted by Crippen LogP contribution is -2.51. The van der Waals surface area contributed by atoms with Gasteiger partial charge in [-0.1, -0.05) is 24.3 Å². The molecule has 40 heavy (non-hydrogen) atoms. The van der Waals surface area contributed by atoms with Crippen molar-refractivity contribution in [2.45, 2.75) is 57.1 Å². The fraction of sp³-hybridized carbons (Fsp3) is 0.536. The first-order valence-corrected chi connectivity index (χ1v) is 13.7. The van der Waals surface area contributed by atoms with Crippen LogP contribution in [0.3, 0.4) is 0 Å². The predicted molar refractivity (Wildman–Crippen MR) is 149 cm³/mol. The van der Waals surface area contributed by atoms with Crippen LogP contribution in [0, 0.1) is 6.57 Å². The molecule has 0 spiro atoms. The van der Waals surface area contributed by atoms with Gasteiger partial charge < -0.3 is 34.2 Å². The fourth-order valence-electron chi connectivity index (χ4n) is 5.32. The van der Waals surface area contributed by atoms with E-state index in [1.165, 1.54) is 6.26 Å². The van der Waals surface area contributed by atoms with E-state index in [-0.39, 0.29) is 30.7 Å². The molecule has 2 atom stereocenters. The molecule has 2 amide bonds. The first kappa shape index (κ1) is 29.6. The number of furan rings is 1. The molecule has 0 unspecified atom stereocenters. The normalized spacial score (nSPS) is 19.6. The minimum atomic E-state index is -1.82. The van der Waals surface area contributed by atoms with Crippen LogP contribution in [0.25, 0.3) is 15.8 Å². The van der Waals surface area contributed by atoms with Gasteiger partial charge in [0, 0.05) is 30.6 Å². The summed E-state index contributed by atoms with van der Waals surface area (Å²) in [5, 5.41) is 23.1. The molecule has 11 nitrogen and oxygen atoms in total. The molecule has 0 saturated carbocycles. The van der Waals surface area contributed by atoms with E-state index in [9.17, 15) is 19.6 Å². The quantitative estimate of drug-likeness (QED) is 0.246. The molecule has 12 heteroatoms. The average molecular weight is 552 g/mol. The van der Waals surface area contributed by atoms with Crippen molar-refractivity contribution in [1.29, 1.82) is 0 Å². The van der Waals surface area contributed by atoms with E-state index < -0.39 is 24.7 Å². The molecule has 4 rings (SSSR count). The third-order valence-corrected chi connectivity index (χ3v) is 7.61. The van der Waals surface area contributed by atoms with Gasteiger partial charge >= 0.3 is 13.2 Å². The van der Waals surface area contributed by atoms with E-state index >= 15 is 0 Å². The van der Waals surface area contributed by atoms with E-state index in [1.54, 1.807) is 17.0 Å². The van der Waals surface area contributed by atoms with Crippen molar-refractivity contribution in [3.8, 4) is 0 Å². The van der Waals surface area contributed by atoms with E-state index in [0.717, 1.165) is 36.9 Å². The molecular weight excluding hydrogens is 515 g/mol. The maximum absolute atomic E-state index is 13.5. The summed E-state index contributed by atoms with van der Waals surface area (Å²) in [6.07, 6.45) is 4.84. The maximum atomic E-state index is 13.5. The smallest absolute Gasteiger partial charge is 0.464 e. The third-order valence-electron chi connectivity index (χ3n) is 7.61. The molecule has 0 aliphatic carbocycles. The summed E-state index contributed by atoms with van der Waals surface area (Å²) >= 11 is 0. The molecule has 2 fully saturated rings. The maximum Gasteiger partial charge on any atom is 0.475 e. The van der Waals surface area contributed by atoms with Gasteiger partial charge in [-0.15, -0.1) is 0 Å². The Bertz CT molecular complexity index is 1250. The number of amides is 2. The Hall–Kier alpha value is -3.37. The molecular formula is C28H37BN4O7. The second kappa shape index (κ2) is 13.3. The number of rotatable bonds is 9. The topological polar surface area (TPSA) is 129 Å². The molecule has 2 aliphatic rings. The number of ether oxygens (including phenoxy) is 2. The molecule has 0 bridgehead atoms. The lowest BCUT2D eigenvalue weighted by Gasteiger charge is -2.40. The van der Waals surface area contributed by atoms with E-state index in [0.29, 0.717) is 31.8 Å². The van der Waals surface area contributed by atoms with E-state index in [2.05, 4.69) is 15.1 Å². The van der Waals surface area contributed by atoms with Crippen LogP contribution >= 0.6 is 0 Å². The highest BCUT2D eigenvalue weighted by Crippen LogP contribution is 2.25. The van der Waals surface area contributed by atoms with Gasteiger partial charge in [-0.05, 0) is 51.2 Å². The van der Waals surface area contributed by atoms with Gasteiger partial charge in [0.25, 0.3) is 5.91 Å². The minimum Gasteiger partial charge on any atom is -0.464 e. The van der Waals surface area contributed by atoms with Gasteiger partial charge in [-0.3, -0.25) is 9.69 Å². The number of para-hydroxylation sites is 1. The summed E-state index contributed by atoms with van der Waals surface area (Å²) in [5.41, 5.74) is 0.927. The summed E-state index contributed by atoms with van der Waals surface area (Å²) in [4.78, 5) is 33.5. The number of nitrogens with one attached hydrogen (secondary N) is 1. The van der Waals surface area contributed by atoms with Crippen LogP contribution in [0.4, 0.5) is 4.79 Å². The second-order valence-electron chi connectivity index (χ2n) is 10.8. The number of hydrogen-bond donors (Lipinski definition) is 3. The Labute approximate surface area is 234 Å². The highest BCUT2D eigenvalue weighted by Gasteiger charge is 2.34. The number of hydrogen-bond acceptors (Lipinski definition) is 8. The van der Waals surface area contributed by atoms with Crippen molar-refractivity contribution < 1.29 is 33.5 Å². The number of alkyl carbamates (subject to hydrolysis) is 1. The van der Waals surface area contributed by atoms with Gasteiger partial charge in [0.05, 0.1) is 38.0 Å². The fourth-order valence-corrected chi connectivity index (χ4v) is 5.32.